The van der Waals surface area contributed by atoms with Gasteiger partial charge in [-0.1, -0.05) is 11.6 Å². The molecule has 4 heteroatoms. The molecular weight excluding hydrogens is 216 g/mol. The van der Waals surface area contributed by atoms with E-state index in [0.29, 0.717) is 18.2 Å². The van der Waals surface area contributed by atoms with Crippen LogP contribution in [0.5, 0.6) is 5.75 Å². The third-order valence-electron chi connectivity index (χ3n) is 2.49. The molecule has 82 valence electrons. The molecule has 0 amide bonds. The van der Waals surface area contributed by atoms with Gasteiger partial charge in [0.2, 0.25) is 0 Å². The zero-order valence-corrected chi connectivity index (χ0v) is 9.50. The molecule has 1 saturated heterocycles. The van der Waals surface area contributed by atoms with Crippen LogP contribution in [0, 0.1) is 0 Å². The van der Waals surface area contributed by atoms with E-state index in [4.69, 9.17) is 25.8 Å². The summed E-state index contributed by atoms with van der Waals surface area (Å²) in [6, 6.07) is 5.40. The molecule has 0 aromatic heterocycles. The summed E-state index contributed by atoms with van der Waals surface area (Å²) in [6.45, 7) is 3.05. The highest BCUT2D eigenvalue weighted by molar-refractivity contribution is 6.30. The second-order valence-electron chi connectivity index (χ2n) is 3.49. The molecule has 0 spiro atoms. The van der Waals surface area contributed by atoms with Crippen molar-refractivity contribution in [3.8, 4) is 5.75 Å². The first kappa shape index (κ1) is 10.7. The average Bonchev–Trinajstić information content (AvgIpc) is 2.66. The lowest BCUT2D eigenvalue weighted by atomic mass is 10.1. The summed E-state index contributed by atoms with van der Waals surface area (Å²) >= 11 is 5.95. The lowest BCUT2D eigenvalue weighted by Crippen LogP contribution is -2.23. The van der Waals surface area contributed by atoms with Gasteiger partial charge in [-0.15, -0.1) is 0 Å². The Balaban J connectivity index is 2.44. The Labute approximate surface area is 93.9 Å². The van der Waals surface area contributed by atoms with E-state index < -0.39 is 5.79 Å². The van der Waals surface area contributed by atoms with Crippen molar-refractivity contribution in [1.82, 2.24) is 0 Å². The van der Waals surface area contributed by atoms with Gasteiger partial charge < -0.3 is 14.2 Å². The summed E-state index contributed by atoms with van der Waals surface area (Å²) in [5.41, 5.74) is 0.829. The molecule has 1 aliphatic rings. The second kappa shape index (κ2) is 4.00. The number of rotatable bonds is 2. The van der Waals surface area contributed by atoms with E-state index in [1.165, 1.54) is 0 Å². The van der Waals surface area contributed by atoms with Crippen LogP contribution < -0.4 is 4.74 Å². The highest BCUT2D eigenvalue weighted by Gasteiger charge is 2.35. The molecule has 1 aliphatic heterocycles. The minimum atomic E-state index is -0.740. The van der Waals surface area contributed by atoms with E-state index >= 15 is 0 Å². The average molecular weight is 229 g/mol. The zero-order valence-electron chi connectivity index (χ0n) is 8.75. The molecule has 2 rings (SSSR count). The van der Waals surface area contributed by atoms with E-state index in [-0.39, 0.29) is 0 Å². The van der Waals surface area contributed by atoms with E-state index in [2.05, 4.69) is 0 Å². The molecule has 0 saturated carbocycles. The van der Waals surface area contributed by atoms with Crippen LogP contribution in [0.25, 0.3) is 0 Å². The van der Waals surface area contributed by atoms with E-state index in [1.807, 2.05) is 19.1 Å². The van der Waals surface area contributed by atoms with Crippen LogP contribution in [0.3, 0.4) is 0 Å². The first-order valence-electron chi connectivity index (χ1n) is 4.77. The van der Waals surface area contributed by atoms with Crippen molar-refractivity contribution in [1.29, 1.82) is 0 Å². The standard InChI is InChI=1S/C11H13ClO3/c1-11(14-5-6-15-11)9-7-8(12)3-4-10(9)13-2/h3-4,7H,5-6H2,1-2H3. The van der Waals surface area contributed by atoms with Crippen molar-refractivity contribution in [3.63, 3.8) is 0 Å². The summed E-state index contributed by atoms with van der Waals surface area (Å²) in [5.74, 6) is -0.0141. The fourth-order valence-electron chi connectivity index (χ4n) is 1.71. The third-order valence-corrected chi connectivity index (χ3v) is 2.72. The molecule has 1 aromatic carbocycles. The van der Waals surface area contributed by atoms with E-state index in [0.717, 1.165) is 11.3 Å². The quantitative estimate of drug-likeness (QED) is 0.779. The van der Waals surface area contributed by atoms with Crippen molar-refractivity contribution in [2.24, 2.45) is 0 Å². The molecule has 0 aliphatic carbocycles. The maximum absolute atomic E-state index is 5.95. The summed E-state index contributed by atoms with van der Waals surface area (Å²) in [7, 11) is 1.62. The van der Waals surface area contributed by atoms with Gasteiger partial charge in [-0.05, 0) is 25.1 Å². The van der Waals surface area contributed by atoms with Crippen molar-refractivity contribution in [2.45, 2.75) is 12.7 Å². The van der Waals surface area contributed by atoms with Crippen LogP contribution in [0.1, 0.15) is 12.5 Å². The number of benzene rings is 1. The molecule has 15 heavy (non-hydrogen) atoms. The Morgan fingerprint density at radius 3 is 2.60 bits per heavy atom. The van der Waals surface area contributed by atoms with Crippen LogP contribution in [-0.4, -0.2) is 20.3 Å². The Kier molecular flexibility index (Phi) is 2.87. The van der Waals surface area contributed by atoms with Crippen LogP contribution in [0.2, 0.25) is 5.02 Å². The largest absolute Gasteiger partial charge is 0.496 e. The topological polar surface area (TPSA) is 27.7 Å². The zero-order chi connectivity index (χ0) is 10.9. The van der Waals surface area contributed by atoms with Crippen molar-refractivity contribution in [2.75, 3.05) is 20.3 Å². The molecule has 3 nitrogen and oxygen atoms in total. The monoisotopic (exact) mass is 228 g/mol. The number of hydrogen-bond acceptors (Lipinski definition) is 3. The summed E-state index contributed by atoms with van der Waals surface area (Å²) in [5, 5.41) is 0.645. The Hall–Kier alpha value is -0.770. The number of ether oxygens (including phenoxy) is 3. The molecule has 1 fully saturated rings. The first-order valence-corrected chi connectivity index (χ1v) is 5.15. The van der Waals surface area contributed by atoms with Gasteiger partial charge in [0.1, 0.15) is 5.75 Å². The van der Waals surface area contributed by atoms with Crippen molar-refractivity contribution in [3.05, 3.63) is 28.8 Å². The molecule has 0 N–H and O–H groups in total. The molecular formula is C11H13ClO3. The van der Waals surface area contributed by atoms with Gasteiger partial charge >= 0.3 is 0 Å². The second-order valence-corrected chi connectivity index (χ2v) is 3.92. The Morgan fingerprint density at radius 2 is 2.00 bits per heavy atom. The molecule has 0 bridgehead atoms. The lowest BCUT2D eigenvalue weighted by molar-refractivity contribution is -0.150. The Morgan fingerprint density at radius 1 is 1.33 bits per heavy atom. The van der Waals surface area contributed by atoms with Gasteiger partial charge in [0.25, 0.3) is 0 Å². The van der Waals surface area contributed by atoms with E-state index in [9.17, 15) is 0 Å². The summed E-state index contributed by atoms with van der Waals surface area (Å²) in [6.07, 6.45) is 0. The summed E-state index contributed by atoms with van der Waals surface area (Å²) in [4.78, 5) is 0. The van der Waals surface area contributed by atoms with Crippen molar-refractivity contribution >= 4 is 11.6 Å². The molecule has 1 heterocycles. The van der Waals surface area contributed by atoms with Gasteiger partial charge in [0.15, 0.2) is 5.79 Å². The van der Waals surface area contributed by atoms with Crippen LogP contribution in [0.4, 0.5) is 0 Å². The summed E-state index contributed by atoms with van der Waals surface area (Å²) < 4.78 is 16.4. The first-order chi connectivity index (χ1) is 7.15. The minimum Gasteiger partial charge on any atom is -0.496 e. The maximum Gasteiger partial charge on any atom is 0.195 e. The molecule has 0 unspecified atom stereocenters. The number of methoxy groups -OCH3 is 1. The maximum atomic E-state index is 5.95. The molecule has 1 aromatic rings. The van der Waals surface area contributed by atoms with Gasteiger partial charge in [-0.3, -0.25) is 0 Å². The fourth-order valence-corrected chi connectivity index (χ4v) is 1.88. The van der Waals surface area contributed by atoms with Gasteiger partial charge in [0, 0.05) is 5.02 Å². The number of hydrogen-bond donors (Lipinski definition) is 0. The minimum absolute atomic E-state index is 0.589. The third kappa shape index (κ3) is 1.95. The van der Waals surface area contributed by atoms with Crippen LogP contribution >= 0.6 is 11.6 Å². The predicted octanol–water partition coefficient (Wildman–Crippen LogP) is 2.57. The van der Waals surface area contributed by atoms with Crippen LogP contribution in [-0.2, 0) is 15.3 Å². The predicted molar refractivity (Wildman–Crippen MR) is 57.3 cm³/mol. The van der Waals surface area contributed by atoms with E-state index in [1.54, 1.807) is 13.2 Å². The van der Waals surface area contributed by atoms with Gasteiger partial charge in [0.05, 0.1) is 25.9 Å². The normalized spacial score (nSPS) is 19.1. The van der Waals surface area contributed by atoms with Gasteiger partial charge in [-0.2, -0.15) is 0 Å². The highest BCUT2D eigenvalue weighted by Crippen LogP contribution is 2.38. The van der Waals surface area contributed by atoms with Gasteiger partial charge in [-0.25, -0.2) is 0 Å². The highest BCUT2D eigenvalue weighted by atomic mass is 35.5. The number of halogens is 1. The van der Waals surface area contributed by atoms with Crippen molar-refractivity contribution < 1.29 is 14.2 Å². The van der Waals surface area contributed by atoms with Crippen LogP contribution in [0.15, 0.2) is 18.2 Å². The smallest absolute Gasteiger partial charge is 0.195 e. The lowest BCUT2D eigenvalue weighted by Gasteiger charge is -2.24. The Bertz CT molecular complexity index is 359. The molecule has 0 atom stereocenters. The fraction of sp³-hybridized carbons (Fsp3) is 0.455. The molecule has 0 radical (unpaired) electrons. The SMILES string of the molecule is COc1ccc(Cl)cc1C1(C)OCCO1.